The van der Waals surface area contributed by atoms with Crippen molar-refractivity contribution in [2.24, 2.45) is 5.73 Å². The number of aromatic nitrogens is 1. The highest BCUT2D eigenvalue weighted by Crippen LogP contribution is 2.28. The molecule has 30 heavy (non-hydrogen) atoms. The van der Waals surface area contributed by atoms with Crippen molar-refractivity contribution in [1.82, 2.24) is 10.3 Å². The first-order valence-corrected chi connectivity index (χ1v) is 10.3. The van der Waals surface area contributed by atoms with E-state index in [0.29, 0.717) is 13.0 Å². The Labute approximate surface area is 177 Å². The number of hydrogen-bond acceptors (Lipinski definition) is 5. The average Bonchev–Trinajstić information content (AvgIpc) is 2.77. The normalized spacial score (nSPS) is 12.9. The van der Waals surface area contributed by atoms with Crippen molar-refractivity contribution in [2.45, 2.75) is 38.3 Å². The van der Waals surface area contributed by atoms with Crippen LogP contribution in [-0.2, 0) is 11.2 Å². The topological polar surface area (TPSA) is 89.3 Å². The van der Waals surface area contributed by atoms with Gasteiger partial charge in [-0.2, -0.15) is 0 Å². The molecule has 158 valence electrons. The van der Waals surface area contributed by atoms with Gasteiger partial charge in [0.2, 0.25) is 5.91 Å². The van der Waals surface area contributed by atoms with E-state index in [1.165, 1.54) is 0 Å². The molecule has 4 N–H and O–H groups in total. The van der Waals surface area contributed by atoms with Gasteiger partial charge in [0, 0.05) is 30.2 Å². The van der Waals surface area contributed by atoms with E-state index in [1.54, 1.807) is 13.3 Å². The highest BCUT2D eigenvalue weighted by molar-refractivity contribution is 5.91. The first kappa shape index (κ1) is 21.6. The molecule has 1 heterocycles. The molecule has 2 aromatic carbocycles. The fraction of sp³-hybridized carbons (Fsp3) is 0.333. The summed E-state index contributed by atoms with van der Waals surface area (Å²) < 4.78 is 5.41. The van der Waals surface area contributed by atoms with Gasteiger partial charge in [-0.25, -0.2) is 0 Å². The van der Waals surface area contributed by atoms with Crippen molar-refractivity contribution in [3.63, 3.8) is 0 Å². The zero-order valence-electron chi connectivity index (χ0n) is 17.6. The second-order valence-electron chi connectivity index (χ2n) is 7.52. The van der Waals surface area contributed by atoms with Gasteiger partial charge in [0.1, 0.15) is 5.75 Å². The van der Waals surface area contributed by atoms with Crippen molar-refractivity contribution in [1.29, 1.82) is 0 Å². The molecular formula is C24H30N4O2. The number of anilines is 1. The molecule has 0 aliphatic heterocycles. The molecular weight excluding hydrogens is 376 g/mol. The van der Waals surface area contributed by atoms with Crippen molar-refractivity contribution in [3.05, 3.63) is 66.4 Å². The molecule has 6 heteroatoms. The van der Waals surface area contributed by atoms with Crippen LogP contribution >= 0.6 is 0 Å². The molecule has 0 fully saturated rings. The lowest BCUT2D eigenvalue weighted by Crippen LogP contribution is -2.42. The van der Waals surface area contributed by atoms with E-state index in [4.69, 9.17) is 10.5 Å². The number of nitrogens with zero attached hydrogens (tertiary/aromatic N) is 1. The Hall–Kier alpha value is -3.12. The summed E-state index contributed by atoms with van der Waals surface area (Å²) in [5.41, 5.74) is 8.97. The summed E-state index contributed by atoms with van der Waals surface area (Å²) in [5, 5.41) is 7.50. The van der Waals surface area contributed by atoms with Gasteiger partial charge in [0.15, 0.2) is 0 Å². The molecule has 3 aromatic rings. The van der Waals surface area contributed by atoms with Gasteiger partial charge in [-0.15, -0.1) is 0 Å². The second-order valence-corrected chi connectivity index (χ2v) is 7.52. The molecule has 0 radical (unpaired) electrons. The monoisotopic (exact) mass is 406 g/mol. The molecule has 0 spiro atoms. The Kier molecular flexibility index (Phi) is 7.63. The number of rotatable bonds is 10. The number of methoxy groups -OCH3 is 1. The first-order chi connectivity index (χ1) is 14.6. The number of carbonyl (C=O) groups excluding carboxylic acids is 1. The lowest BCUT2D eigenvalue weighted by molar-refractivity contribution is -0.122. The summed E-state index contributed by atoms with van der Waals surface area (Å²) in [6, 6.07) is 17.4. The number of benzene rings is 2. The molecule has 0 bridgehead atoms. The Balaban J connectivity index is 1.46. The summed E-state index contributed by atoms with van der Waals surface area (Å²) in [6.45, 7) is 2.72. The van der Waals surface area contributed by atoms with Crippen molar-refractivity contribution in [3.8, 4) is 5.75 Å². The van der Waals surface area contributed by atoms with Gasteiger partial charge in [0.25, 0.3) is 0 Å². The van der Waals surface area contributed by atoms with E-state index in [0.717, 1.165) is 40.7 Å². The smallest absolute Gasteiger partial charge is 0.237 e. The molecule has 1 aromatic heterocycles. The molecule has 6 nitrogen and oxygen atoms in total. The Morgan fingerprint density at radius 3 is 2.73 bits per heavy atom. The quantitative estimate of drug-likeness (QED) is 0.448. The van der Waals surface area contributed by atoms with E-state index in [2.05, 4.69) is 22.5 Å². The van der Waals surface area contributed by atoms with Crippen LogP contribution in [0, 0.1) is 0 Å². The summed E-state index contributed by atoms with van der Waals surface area (Å²) in [7, 11) is 1.66. The number of nitrogens with one attached hydrogen (secondary N) is 2. The van der Waals surface area contributed by atoms with Crippen LogP contribution in [0.4, 0.5) is 5.69 Å². The van der Waals surface area contributed by atoms with Crippen molar-refractivity contribution < 1.29 is 9.53 Å². The standard InChI is InChI=1S/C24H30N4O2/c1-17(28-22-16-20(30-2)15-19-11-7-12-26-23(19)22)8-6-13-27-24(29)21(25)14-18-9-4-3-5-10-18/h3-5,7,9-12,15-17,21,28H,6,8,13-14,25H2,1-2H3,(H,27,29)/t17?,21-/m0/s1. The minimum atomic E-state index is -0.530. The predicted octanol–water partition coefficient (Wildman–Crippen LogP) is 3.51. The number of hydrogen-bond donors (Lipinski definition) is 3. The Morgan fingerprint density at radius 1 is 1.17 bits per heavy atom. The van der Waals surface area contributed by atoms with Gasteiger partial charge in [-0.1, -0.05) is 36.4 Å². The molecule has 3 rings (SSSR count). The highest BCUT2D eigenvalue weighted by atomic mass is 16.5. The third-order valence-corrected chi connectivity index (χ3v) is 5.06. The zero-order valence-corrected chi connectivity index (χ0v) is 17.6. The molecule has 1 amide bonds. The van der Waals surface area contributed by atoms with E-state index in [1.807, 2.05) is 54.6 Å². The van der Waals surface area contributed by atoms with Crippen LogP contribution in [0.15, 0.2) is 60.8 Å². The number of ether oxygens (including phenoxy) is 1. The SMILES string of the molecule is COc1cc(NC(C)CCCNC(=O)[C@@H](N)Cc2ccccc2)c2ncccc2c1. The maximum Gasteiger partial charge on any atom is 0.237 e. The molecule has 0 saturated heterocycles. The summed E-state index contributed by atoms with van der Waals surface area (Å²) in [4.78, 5) is 16.7. The highest BCUT2D eigenvalue weighted by Gasteiger charge is 2.14. The molecule has 1 unspecified atom stereocenters. The molecule has 2 atom stereocenters. The predicted molar refractivity (Wildman–Crippen MR) is 122 cm³/mol. The maximum absolute atomic E-state index is 12.2. The molecule has 0 saturated carbocycles. The van der Waals surface area contributed by atoms with Gasteiger partial charge in [0.05, 0.1) is 24.4 Å². The van der Waals surface area contributed by atoms with Crippen LogP contribution < -0.4 is 21.1 Å². The zero-order chi connectivity index (χ0) is 21.3. The number of nitrogens with two attached hydrogens (primary N) is 1. The maximum atomic E-state index is 12.2. The minimum absolute atomic E-state index is 0.109. The van der Waals surface area contributed by atoms with Gasteiger partial charge in [-0.05, 0) is 43.9 Å². The summed E-state index contributed by atoms with van der Waals surface area (Å²) in [5.74, 6) is 0.687. The fourth-order valence-electron chi connectivity index (χ4n) is 3.44. The summed E-state index contributed by atoms with van der Waals surface area (Å²) >= 11 is 0. The van der Waals surface area contributed by atoms with Gasteiger partial charge < -0.3 is 21.1 Å². The third-order valence-electron chi connectivity index (χ3n) is 5.06. The Bertz CT molecular complexity index is 962. The second kappa shape index (κ2) is 10.6. The average molecular weight is 407 g/mol. The Morgan fingerprint density at radius 2 is 1.97 bits per heavy atom. The number of carbonyl (C=O) groups is 1. The largest absolute Gasteiger partial charge is 0.497 e. The van der Waals surface area contributed by atoms with E-state index in [9.17, 15) is 4.79 Å². The van der Waals surface area contributed by atoms with Crippen LogP contribution in [0.5, 0.6) is 5.75 Å². The lowest BCUT2D eigenvalue weighted by Gasteiger charge is -2.18. The summed E-state index contributed by atoms with van der Waals surface area (Å²) in [6.07, 6.45) is 4.09. The first-order valence-electron chi connectivity index (χ1n) is 10.3. The van der Waals surface area contributed by atoms with Crippen molar-refractivity contribution in [2.75, 3.05) is 19.0 Å². The van der Waals surface area contributed by atoms with Gasteiger partial charge in [-0.3, -0.25) is 9.78 Å². The van der Waals surface area contributed by atoms with E-state index >= 15 is 0 Å². The number of amides is 1. The van der Waals surface area contributed by atoms with E-state index in [-0.39, 0.29) is 11.9 Å². The van der Waals surface area contributed by atoms with Crippen LogP contribution in [0.3, 0.4) is 0 Å². The van der Waals surface area contributed by atoms with E-state index < -0.39 is 6.04 Å². The van der Waals surface area contributed by atoms with Crippen LogP contribution in [0.2, 0.25) is 0 Å². The number of fused-ring (bicyclic) bond motifs is 1. The number of pyridine rings is 1. The van der Waals surface area contributed by atoms with Crippen LogP contribution in [-0.4, -0.2) is 36.6 Å². The third kappa shape index (κ3) is 5.94. The molecule has 0 aliphatic rings. The lowest BCUT2D eigenvalue weighted by atomic mass is 10.1. The van der Waals surface area contributed by atoms with Crippen molar-refractivity contribution >= 4 is 22.5 Å². The minimum Gasteiger partial charge on any atom is -0.497 e. The van der Waals surface area contributed by atoms with Crippen LogP contribution in [0.1, 0.15) is 25.3 Å². The van der Waals surface area contributed by atoms with Gasteiger partial charge >= 0.3 is 0 Å². The molecule has 0 aliphatic carbocycles. The fourth-order valence-corrected chi connectivity index (χ4v) is 3.44. The van der Waals surface area contributed by atoms with Crippen LogP contribution in [0.25, 0.3) is 10.9 Å².